The van der Waals surface area contributed by atoms with Gasteiger partial charge in [-0.15, -0.1) is 0 Å². The van der Waals surface area contributed by atoms with Gasteiger partial charge >= 0.3 is 0 Å². The second-order valence-electron chi connectivity index (χ2n) is 4.47. The van der Waals surface area contributed by atoms with Crippen LogP contribution < -0.4 is 11.1 Å². The molecule has 1 aromatic rings. The number of methoxy groups -OCH3 is 1. The molecule has 0 radical (unpaired) electrons. The molecule has 0 aliphatic rings. The van der Waals surface area contributed by atoms with Gasteiger partial charge in [0.15, 0.2) is 0 Å². The minimum atomic E-state index is -0.156. The van der Waals surface area contributed by atoms with E-state index in [1.165, 1.54) is 0 Å². The highest BCUT2D eigenvalue weighted by Crippen LogP contribution is 2.13. The number of carbonyl (C=O) groups excluding carboxylic acids is 1. The Hall–Kier alpha value is -1.87. The predicted molar refractivity (Wildman–Crippen MR) is 81.6 cm³/mol. The Morgan fingerprint density at radius 1 is 1.43 bits per heavy atom. The fraction of sp³-hybridized carbons (Fsp3) is 0.438. The predicted octanol–water partition coefficient (Wildman–Crippen LogP) is 0.837. The number of rotatable bonds is 7. The topological polar surface area (TPSA) is 73.6 Å². The van der Waals surface area contributed by atoms with Gasteiger partial charge in [-0.05, 0) is 24.6 Å². The van der Waals surface area contributed by atoms with E-state index >= 15 is 0 Å². The second kappa shape index (κ2) is 9.94. The van der Waals surface area contributed by atoms with Crippen LogP contribution in [0.15, 0.2) is 24.3 Å². The van der Waals surface area contributed by atoms with E-state index in [-0.39, 0.29) is 18.6 Å². The van der Waals surface area contributed by atoms with Crippen LogP contribution in [-0.4, -0.2) is 39.4 Å². The van der Waals surface area contributed by atoms with Crippen molar-refractivity contribution in [3.05, 3.63) is 35.4 Å². The van der Waals surface area contributed by atoms with Crippen LogP contribution in [0.1, 0.15) is 24.1 Å². The lowest BCUT2D eigenvalue weighted by atomic mass is 10.1. The highest BCUT2D eigenvalue weighted by atomic mass is 16.5. The number of hydrogen-bond acceptors (Lipinski definition) is 4. The van der Waals surface area contributed by atoms with Crippen molar-refractivity contribution in [1.29, 1.82) is 0 Å². The van der Waals surface area contributed by atoms with Crippen molar-refractivity contribution < 1.29 is 14.3 Å². The summed E-state index contributed by atoms with van der Waals surface area (Å²) in [4.78, 5) is 11.7. The summed E-state index contributed by atoms with van der Waals surface area (Å²) in [5, 5.41) is 2.88. The molecule has 0 heterocycles. The Kier molecular flexibility index (Phi) is 8.14. The van der Waals surface area contributed by atoms with E-state index in [2.05, 4.69) is 17.2 Å². The summed E-state index contributed by atoms with van der Waals surface area (Å²) in [6, 6.07) is 7.61. The van der Waals surface area contributed by atoms with Gasteiger partial charge in [-0.1, -0.05) is 24.0 Å². The third-order valence-electron chi connectivity index (χ3n) is 2.76. The molecule has 0 bridgehead atoms. The summed E-state index contributed by atoms with van der Waals surface area (Å²) in [5.41, 5.74) is 7.23. The van der Waals surface area contributed by atoms with Crippen LogP contribution in [0, 0.1) is 11.8 Å². The average molecular weight is 290 g/mol. The number of hydrogen-bond donors (Lipinski definition) is 2. The molecular formula is C16H22N2O3. The molecule has 3 N–H and O–H groups in total. The van der Waals surface area contributed by atoms with Crippen molar-refractivity contribution in [3.63, 3.8) is 0 Å². The molecule has 0 spiro atoms. The van der Waals surface area contributed by atoms with Gasteiger partial charge in [0.05, 0.1) is 25.8 Å². The first-order chi connectivity index (χ1) is 10.2. The van der Waals surface area contributed by atoms with Crippen LogP contribution in [0.2, 0.25) is 0 Å². The van der Waals surface area contributed by atoms with Gasteiger partial charge in [0.25, 0.3) is 0 Å². The summed E-state index contributed by atoms with van der Waals surface area (Å²) < 4.78 is 10.0. The molecule has 0 saturated heterocycles. The third-order valence-corrected chi connectivity index (χ3v) is 2.76. The molecule has 0 aromatic heterocycles. The number of benzene rings is 1. The molecule has 1 unspecified atom stereocenters. The van der Waals surface area contributed by atoms with Gasteiger partial charge in [-0.25, -0.2) is 0 Å². The zero-order valence-corrected chi connectivity index (χ0v) is 12.5. The lowest BCUT2D eigenvalue weighted by Gasteiger charge is -2.14. The third kappa shape index (κ3) is 6.91. The van der Waals surface area contributed by atoms with Crippen molar-refractivity contribution in [2.24, 2.45) is 5.73 Å². The molecule has 5 heteroatoms. The van der Waals surface area contributed by atoms with Crippen LogP contribution in [0.5, 0.6) is 0 Å². The van der Waals surface area contributed by atoms with E-state index in [9.17, 15) is 4.79 Å². The summed E-state index contributed by atoms with van der Waals surface area (Å²) >= 11 is 0. The minimum Gasteiger partial charge on any atom is -0.382 e. The molecule has 1 atom stereocenters. The Morgan fingerprint density at radius 2 is 2.24 bits per heavy atom. The number of nitrogens with one attached hydrogen (secondary N) is 1. The fourth-order valence-corrected chi connectivity index (χ4v) is 1.71. The van der Waals surface area contributed by atoms with Gasteiger partial charge in [-0.2, -0.15) is 0 Å². The smallest absolute Gasteiger partial charge is 0.246 e. The molecule has 0 saturated carbocycles. The Balaban J connectivity index is 2.51. The monoisotopic (exact) mass is 290 g/mol. The second-order valence-corrected chi connectivity index (χ2v) is 4.47. The highest BCUT2D eigenvalue weighted by Gasteiger charge is 2.09. The van der Waals surface area contributed by atoms with Gasteiger partial charge in [-0.3, -0.25) is 4.79 Å². The zero-order chi connectivity index (χ0) is 15.5. The number of carbonyl (C=O) groups is 1. The molecule has 0 aliphatic carbocycles. The van der Waals surface area contributed by atoms with Crippen molar-refractivity contribution >= 4 is 5.91 Å². The van der Waals surface area contributed by atoms with E-state index in [0.29, 0.717) is 19.8 Å². The van der Waals surface area contributed by atoms with Gasteiger partial charge in [0.2, 0.25) is 5.91 Å². The van der Waals surface area contributed by atoms with E-state index in [0.717, 1.165) is 11.1 Å². The lowest BCUT2D eigenvalue weighted by molar-refractivity contribution is -0.126. The van der Waals surface area contributed by atoms with Crippen molar-refractivity contribution in [1.82, 2.24) is 5.32 Å². The van der Waals surface area contributed by atoms with E-state index < -0.39 is 0 Å². The molecule has 114 valence electrons. The standard InChI is InChI=1S/C16H22N2O3/c1-13(18-16(19)12-21-10-9-20-2)15-7-3-5-14(11-15)6-4-8-17/h3,5,7,11,13H,8-10,12,17H2,1-2H3,(H,18,19). The van der Waals surface area contributed by atoms with Crippen molar-refractivity contribution in [3.8, 4) is 11.8 Å². The highest BCUT2D eigenvalue weighted by molar-refractivity contribution is 5.77. The largest absolute Gasteiger partial charge is 0.382 e. The van der Waals surface area contributed by atoms with E-state index in [4.69, 9.17) is 15.2 Å². The van der Waals surface area contributed by atoms with Gasteiger partial charge in [0, 0.05) is 12.7 Å². The van der Waals surface area contributed by atoms with Crippen molar-refractivity contribution in [2.45, 2.75) is 13.0 Å². The van der Waals surface area contributed by atoms with Gasteiger partial charge in [0.1, 0.15) is 6.61 Å². The number of ether oxygens (including phenoxy) is 2. The molecule has 0 aliphatic heterocycles. The van der Waals surface area contributed by atoms with Crippen LogP contribution in [0.25, 0.3) is 0 Å². The van der Waals surface area contributed by atoms with Crippen LogP contribution in [-0.2, 0) is 14.3 Å². The minimum absolute atomic E-state index is 0.0281. The molecule has 21 heavy (non-hydrogen) atoms. The first kappa shape index (κ1) is 17.2. The Morgan fingerprint density at radius 3 is 2.95 bits per heavy atom. The number of amides is 1. The Labute approximate surface area is 125 Å². The zero-order valence-electron chi connectivity index (χ0n) is 12.5. The van der Waals surface area contributed by atoms with Crippen LogP contribution in [0.4, 0.5) is 0 Å². The molecule has 1 amide bonds. The van der Waals surface area contributed by atoms with Gasteiger partial charge < -0.3 is 20.5 Å². The quantitative estimate of drug-likeness (QED) is 0.576. The van der Waals surface area contributed by atoms with E-state index in [1.54, 1.807) is 7.11 Å². The van der Waals surface area contributed by atoms with Crippen LogP contribution in [0.3, 0.4) is 0 Å². The van der Waals surface area contributed by atoms with E-state index in [1.807, 2.05) is 31.2 Å². The molecule has 1 aromatic carbocycles. The number of nitrogens with two attached hydrogens (primary N) is 1. The Bertz CT molecular complexity index is 506. The SMILES string of the molecule is COCCOCC(=O)NC(C)c1cccc(C#CCN)c1. The molecule has 1 rings (SSSR count). The molecule has 5 nitrogen and oxygen atoms in total. The normalized spacial score (nSPS) is 11.4. The first-order valence-electron chi connectivity index (χ1n) is 6.82. The summed E-state index contributed by atoms with van der Waals surface area (Å²) in [6.07, 6.45) is 0. The lowest BCUT2D eigenvalue weighted by Crippen LogP contribution is -2.30. The van der Waals surface area contributed by atoms with Crippen molar-refractivity contribution in [2.75, 3.05) is 33.5 Å². The summed E-state index contributed by atoms with van der Waals surface area (Å²) in [7, 11) is 1.59. The maximum absolute atomic E-state index is 11.7. The average Bonchev–Trinajstić information content (AvgIpc) is 2.50. The van der Waals surface area contributed by atoms with Crippen LogP contribution >= 0.6 is 0 Å². The summed E-state index contributed by atoms with van der Waals surface area (Å²) in [6.45, 7) is 3.16. The fourth-order valence-electron chi connectivity index (χ4n) is 1.71. The summed E-state index contributed by atoms with van der Waals surface area (Å²) in [5.74, 6) is 5.63. The first-order valence-corrected chi connectivity index (χ1v) is 6.82. The maximum atomic E-state index is 11.7. The molecular weight excluding hydrogens is 268 g/mol. The maximum Gasteiger partial charge on any atom is 0.246 e. The molecule has 0 fully saturated rings.